The number of aliphatic imine (C=N–C) groups is 1. The van der Waals surface area contributed by atoms with Crippen molar-refractivity contribution in [3.63, 3.8) is 0 Å². The van der Waals surface area contributed by atoms with Gasteiger partial charge in [-0.05, 0) is 25.9 Å². The van der Waals surface area contributed by atoms with E-state index in [-0.39, 0.29) is 11.2 Å². The molecular weight excluding hydrogens is 244 g/mol. The van der Waals surface area contributed by atoms with E-state index in [0.717, 1.165) is 31.6 Å². The molecular formula is C13H18N4O2. The number of nitrogens with zero attached hydrogens (tertiary/aromatic N) is 3. The second-order valence-corrected chi connectivity index (χ2v) is 5.31. The average molecular weight is 262 g/mol. The van der Waals surface area contributed by atoms with Gasteiger partial charge in [-0.3, -0.25) is 13.9 Å². The van der Waals surface area contributed by atoms with Crippen LogP contribution in [0.25, 0.3) is 0 Å². The summed E-state index contributed by atoms with van der Waals surface area (Å²) in [5.41, 5.74) is 1.22. The van der Waals surface area contributed by atoms with Gasteiger partial charge >= 0.3 is 5.69 Å². The Morgan fingerprint density at radius 1 is 1.16 bits per heavy atom. The molecule has 2 aliphatic rings. The van der Waals surface area contributed by atoms with Crippen molar-refractivity contribution in [2.75, 3.05) is 13.1 Å². The molecule has 0 aliphatic carbocycles. The molecule has 0 unspecified atom stereocenters. The standard InChI is InChI=1S/C13H18N4O2/c1-16-11-9(12(18)17(2)13(16)19)7-10(15-11)8-3-5-14-6-4-8/h8,14H,3-7H2,1-2H3. The van der Waals surface area contributed by atoms with E-state index in [9.17, 15) is 9.59 Å². The second-order valence-electron chi connectivity index (χ2n) is 5.31. The fraction of sp³-hybridized carbons (Fsp3) is 0.615. The summed E-state index contributed by atoms with van der Waals surface area (Å²) in [5, 5.41) is 3.32. The number of hydrogen-bond acceptors (Lipinski definition) is 4. The monoisotopic (exact) mass is 262 g/mol. The highest BCUT2D eigenvalue weighted by Gasteiger charge is 2.28. The van der Waals surface area contributed by atoms with Gasteiger partial charge in [0.25, 0.3) is 5.56 Å². The van der Waals surface area contributed by atoms with Crippen LogP contribution in [-0.2, 0) is 20.5 Å². The van der Waals surface area contributed by atoms with E-state index in [1.54, 1.807) is 7.05 Å². The van der Waals surface area contributed by atoms with E-state index in [1.165, 1.54) is 16.2 Å². The lowest BCUT2D eigenvalue weighted by Gasteiger charge is -2.22. The van der Waals surface area contributed by atoms with Crippen molar-refractivity contribution in [2.24, 2.45) is 25.0 Å². The van der Waals surface area contributed by atoms with Crippen molar-refractivity contribution >= 4 is 11.5 Å². The van der Waals surface area contributed by atoms with Gasteiger partial charge in [0.05, 0.1) is 5.56 Å². The van der Waals surface area contributed by atoms with Gasteiger partial charge < -0.3 is 5.32 Å². The van der Waals surface area contributed by atoms with Crippen LogP contribution in [0.5, 0.6) is 0 Å². The molecule has 0 radical (unpaired) electrons. The van der Waals surface area contributed by atoms with Crippen LogP contribution >= 0.6 is 0 Å². The molecule has 0 saturated carbocycles. The molecule has 0 spiro atoms. The molecule has 0 aromatic carbocycles. The van der Waals surface area contributed by atoms with Crippen molar-refractivity contribution in [1.82, 2.24) is 14.5 Å². The van der Waals surface area contributed by atoms with E-state index in [2.05, 4.69) is 10.3 Å². The highest BCUT2D eigenvalue weighted by atomic mass is 16.2. The minimum Gasteiger partial charge on any atom is -0.317 e. The van der Waals surface area contributed by atoms with Crippen LogP contribution in [-0.4, -0.2) is 27.9 Å². The van der Waals surface area contributed by atoms with Gasteiger partial charge in [0.2, 0.25) is 0 Å². The number of fused-ring (bicyclic) bond motifs is 1. The Morgan fingerprint density at radius 2 is 1.84 bits per heavy atom. The third-order valence-electron chi connectivity index (χ3n) is 4.14. The molecule has 1 N–H and O–H groups in total. The smallest absolute Gasteiger partial charge is 0.317 e. The lowest BCUT2D eigenvalue weighted by molar-refractivity contribution is 0.454. The fourth-order valence-electron chi connectivity index (χ4n) is 2.95. The van der Waals surface area contributed by atoms with Crippen molar-refractivity contribution < 1.29 is 0 Å². The van der Waals surface area contributed by atoms with Gasteiger partial charge in [-0.1, -0.05) is 0 Å². The summed E-state index contributed by atoms with van der Waals surface area (Å²) >= 11 is 0. The van der Waals surface area contributed by atoms with E-state index in [0.29, 0.717) is 23.7 Å². The first-order valence-electron chi connectivity index (χ1n) is 6.66. The van der Waals surface area contributed by atoms with Crippen molar-refractivity contribution in [3.05, 3.63) is 26.4 Å². The number of rotatable bonds is 1. The summed E-state index contributed by atoms with van der Waals surface area (Å²) in [6, 6.07) is 0. The summed E-state index contributed by atoms with van der Waals surface area (Å²) in [6.45, 7) is 1.99. The maximum Gasteiger partial charge on any atom is 0.332 e. The lowest BCUT2D eigenvalue weighted by atomic mass is 9.91. The molecule has 102 valence electrons. The first kappa shape index (κ1) is 12.3. The molecule has 0 amide bonds. The summed E-state index contributed by atoms with van der Waals surface area (Å²) < 4.78 is 2.64. The Bertz CT molecular complexity index is 662. The average Bonchev–Trinajstić information content (AvgIpc) is 2.89. The largest absolute Gasteiger partial charge is 0.332 e. The fourth-order valence-corrected chi connectivity index (χ4v) is 2.95. The molecule has 0 atom stereocenters. The summed E-state index contributed by atoms with van der Waals surface area (Å²) in [7, 11) is 3.20. The zero-order valence-corrected chi connectivity index (χ0v) is 11.3. The molecule has 3 heterocycles. The first-order chi connectivity index (χ1) is 9.09. The Balaban J connectivity index is 2.04. The number of piperidine rings is 1. The highest BCUT2D eigenvalue weighted by molar-refractivity contribution is 5.94. The van der Waals surface area contributed by atoms with Crippen LogP contribution in [0.15, 0.2) is 14.6 Å². The molecule has 1 saturated heterocycles. The maximum atomic E-state index is 12.1. The molecule has 1 fully saturated rings. The Hall–Kier alpha value is -1.69. The molecule has 2 aliphatic heterocycles. The van der Waals surface area contributed by atoms with Crippen molar-refractivity contribution in [2.45, 2.75) is 19.3 Å². The number of nitrogens with one attached hydrogen (secondary N) is 1. The van der Waals surface area contributed by atoms with Gasteiger partial charge in [0.15, 0.2) is 0 Å². The van der Waals surface area contributed by atoms with Crippen molar-refractivity contribution in [1.29, 1.82) is 0 Å². The minimum absolute atomic E-state index is 0.203. The second kappa shape index (κ2) is 4.45. The Morgan fingerprint density at radius 3 is 2.53 bits per heavy atom. The molecule has 1 aromatic heterocycles. The topological polar surface area (TPSA) is 68.4 Å². The number of hydrogen-bond donors (Lipinski definition) is 1. The molecule has 6 nitrogen and oxygen atoms in total. The first-order valence-corrected chi connectivity index (χ1v) is 6.66. The summed E-state index contributed by atoms with van der Waals surface area (Å²) in [6.07, 6.45) is 2.71. The summed E-state index contributed by atoms with van der Waals surface area (Å²) in [4.78, 5) is 28.6. The molecule has 0 bridgehead atoms. The van der Waals surface area contributed by atoms with Crippen molar-refractivity contribution in [3.8, 4) is 0 Å². The van der Waals surface area contributed by atoms with Crippen LogP contribution in [0.4, 0.5) is 5.82 Å². The molecule has 6 heteroatoms. The Labute approximate surface area is 110 Å². The van der Waals surface area contributed by atoms with E-state index < -0.39 is 0 Å². The van der Waals surface area contributed by atoms with E-state index in [1.807, 2.05) is 0 Å². The van der Waals surface area contributed by atoms with Crippen LogP contribution in [0.2, 0.25) is 0 Å². The van der Waals surface area contributed by atoms with Gasteiger partial charge in [-0.25, -0.2) is 9.79 Å². The van der Waals surface area contributed by atoms with E-state index in [4.69, 9.17) is 0 Å². The number of aromatic nitrogens is 2. The van der Waals surface area contributed by atoms with Gasteiger partial charge in [-0.2, -0.15) is 0 Å². The van der Waals surface area contributed by atoms with E-state index >= 15 is 0 Å². The highest BCUT2D eigenvalue weighted by Crippen LogP contribution is 2.27. The van der Waals surface area contributed by atoms with Crippen LogP contribution < -0.4 is 16.6 Å². The predicted octanol–water partition coefficient (Wildman–Crippen LogP) is -0.288. The van der Waals surface area contributed by atoms with Crippen LogP contribution in [0.1, 0.15) is 18.4 Å². The molecule has 1 aromatic rings. The normalized spacial score (nSPS) is 19.4. The third-order valence-corrected chi connectivity index (χ3v) is 4.14. The zero-order chi connectivity index (χ0) is 13.6. The van der Waals surface area contributed by atoms with Crippen LogP contribution in [0.3, 0.4) is 0 Å². The zero-order valence-electron chi connectivity index (χ0n) is 11.3. The molecule has 19 heavy (non-hydrogen) atoms. The third kappa shape index (κ3) is 1.87. The summed E-state index contributed by atoms with van der Waals surface area (Å²) in [5.74, 6) is 0.995. The SMILES string of the molecule is Cn1c2c(c(=O)n(C)c1=O)CC(C1CCNCC1)=N2. The van der Waals surface area contributed by atoms with Gasteiger partial charge in [-0.15, -0.1) is 0 Å². The lowest BCUT2D eigenvalue weighted by Crippen LogP contribution is -2.38. The molecule has 3 rings (SSSR count). The minimum atomic E-state index is -0.306. The Kier molecular flexibility index (Phi) is 2.89. The maximum absolute atomic E-state index is 12.1. The predicted molar refractivity (Wildman–Crippen MR) is 73.3 cm³/mol. The quantitative estimate of drug-likeness (QED) is 0.756. The van der Waals surface area contributed by atoms with Gasteiger partial charge in [0, 0.05) is 32.1 Å². The van der Waals surface area contributed by atoms with Gasteiger partial charge in [0.1, 0.15) is 5.82 Å². The van der Waals surface area contributed by atoms with Crippen LogP contribution in [0, 0.1) is 5.92 Å².